The monoisotopic (exact) mass is 336 g/mol. The largest absolute Gasteiger partial charge is 0.497 e. The summed E-state index contributed by atoms with van der Waals surface area (Å²) < 4.78 is 12.3. The van der Waals surface area contributed by atoms with Crippen molar-refractivity contribution in [3.8, 4) is 22.6 Å². The van der Waals surface area contributed by atoms with Crippen LogP contribution in [-0.4, -0.2) is 29.8 Å². The Kier molecular flexibility index (Phi) is 4.84. The van der Waals surface area contributed by atoms with Crippen molar-refractivity contribution < 1.29 is 14.3 Å². The molecule has 0 saturated carbocycles. The van der Waals surface area contributed by atoms with Gasteiger partial charge in [0.1, 0.15) is 11.5 Å². The van der Waals surface area contributed by atoms with Gasteiger partial charge in [0.25, 0.3) is 0 Å². The van der Waals surface area contributed by atoms with E-state index in [1.165, 1.54) is 0 Å². The van der Waals surface area contributed by atoms with Crippen LogP contribution in [0.25, 0.3) is 11.1 Å². The predicted octanol–water partition coefficient (Wildman–Crippen LogP) is 3.53. The lowest BCUT2D eigenvalue weighted by molar-refractivity contribution is 0.0990. The number of ether oxygens (including phenoxy) is 2. The first-order chi connectivity index (χ1) is 12.1. The van der Waals surface area contributed by atoms with Gasteiger partial charge in [-0.2, -0.15) is 5.10 Å². The van der Waals surface area contributed by atoms with E-state index in [-0.39, 0.29) is 5.78 Å². The molecule has 0 aliphatic carbocycles. The number of hydrogen-bond donors (Lipinski definition) is 0. The predicted molar refractivity (Wildman–Crippen MR) is 96.2 cm³/mol. The maximum atomic E-state index is 12.7. The second-order valence-corrected chi connectivity index (χ2v) is 5.77. The van der Waals surface area contributed by atoms with E-state index in [0.29, 0.717) is 17.7 Å². The Hall–Kier alpha value is -3.08. The van der Waals surface area contributed by atoms with Crippen molar-refractivity contribution in [2.45, 2.75) is 6.42 Å². The summed E-state index contributed by atoms with van der Waals surface area (Å²) in [6.07, 6.45) is 4.02. The van der Waals surface area contributed by atoms with E-state index in [2.05, 4.69) is 5.10 Å². The molecule has 0 saturated heterocycles. The molecule has 25 heavy (non-hydrogen) atoms. The fourth-order valence-corrected chi connectivity index (χ4v) is 2.70. The van der Waals surface area contributed by atoms with E-state index >= 15 is 0 Å². The van der Waals surface area contributed by atoms with Gasteiger partial charge in [-0.05, 0) is 35.4 Å². The number of hydrogen-bond acceptors (Lipinski definition) is 4. The van der Waals surface area contributed by atoms with Crippen LogP contribution in [0.5, 0.6) is 11.5 Å². The first-order valence-corrected chi connectivity index (χ1v) is 7.94. The van der Waals surface area contributed by atoms with Crippen molar-refractivity contribution in [2.75, 3.05) is 14.2 Å². The lowest BCUT2D eigenvalue weighted by atomic mass is 9.99. The normalized spacial score (nSPS) is 10.5. The highest BCUT2D eigenvalue weighted by Crippen LogP contribution is 2.28. The lowest BCUT2D eigenvalue weighted by Gasteiger charge is -2.10. The Labute approximate surface area is 146 Å². The molecule has 3 aromatic rings. The molecule has 3 rings (SSSR count). The van der Waals surface area contributed by atoms with Crippen LogP contribution >= 0.6 is 0 Å². The van der Waals surface area contributed by atoms with Crippen molar-refractivity contribution in [3.05, 3.63) is 66.0 Å². The molecule has 0 spiro atoms. The number of methoxy groups -OCH3 is 2. The van der Waals surface area contributed by atoms with Gasteiger partial charge in [0.05, 0.1) is 26.0 Å². The molecule has 0 aliphatic heterocycles. The maximum absolute atomic E-state index is 12.7. The number of ketones is 1. The third-order valence-corrected chi connectivity index (χ3v) is 4.06. The fourth-order valence-electron chi connectivity index (χ4n) is 2.70. The van der Waals surface area contributed by atoms with Crippen LogP contribution in [0.15, 0.2) is 54.9 Å². The van der Waals surface area contributed by atoms with Crippen molar-refractivity contribution in [1.29, 1.82) is 0 Å². The van der Waals surface area contributed by atoms with E-state index in [1.807, 2.05) is 55.7 Å². The first kappa shape index (κ1) is 16.8. The highest BCUT2D eigenvalue weighted by Gasteiger charge is 2.14. The number of Topliss-reactive ketones (excluding diaryl/α,β-unsaturated/α-hetero) is 1. The second kappa shape index (κ2) is 7.21. The van der Waals surface area contributed by atoms with Crippen LogP contribution in [0.4, 0.5) is 0 Å². The summed E-state index contributed by atoms with van der Waals surface area (Å²) in [5.41, 5.74) is 3.45. The Morgan fingerprint density at radius 3 is 2.40 bits per heavy atom. The van der Waals surface area contributed by atoms with Gasteiger partial charge in [-0.25, -0.2) is 0 Å². The number of benzene rings is 2. The van der Waals surface area contributed by atoms with Crippen LogP contribution in [0.2, 0.25) is 0 Å². The summed E-state index contributed by atoms with van der Waals surface area (Å²) in [5, 5.41) is 4.17. The zero-order valence-corrected chi connectivity index (χ0v) is 14.5. The molecule has 0 radical (unpaired) electrons. The number of carbonyl (C=O) groups excluding carboxylic acids is 1. The van der Waals surface area contributed by atoms with E-state index in [9.17, 15) is 4.79 Å². The van der Waals surface area contributed by atoms with E-state index in [4.69, 9.17) is 9.47 Å². The molecule has 5 heteroatoms. The molecular weight excluding hydrogens is 316 g/mol. The molecule has 0 atom stereocenters. The summed E-state index contributed by atoms with van der Waals surface area (Å²) >= 11 is 0. The topological polar surface area (TPSA) is 53.3 Å². The zero-order chi connectivity index (χ0) is 17.8. The third kappa shape index (κ3) is 3.71. The number of aromatic nitrogens is 2. The van der Waals surface area contributed by atoms with Crippen LogP contribution in [0.3, 0.4) is 0 Å². The van der Waals surface area contributed by atoms with Gasteiger partial charge >= 0.3 is 0 Å². The van der Waals surface area contributed by atoms with E-state index < -0.39 is 0 Å². The molecule has 0 bridgehead atoms. The van der Waals surface area contributed by atoms with Crippen molar-refractivity contribution in [3.63, 3.8) is 0 Å². The number of aryl methyl sites for hydroxylation is 1. The number of carbonyl (C=O) groups is 1. The van der Waals surface area contributed by atoms with Crippen molar-refractivity contribution in [1.82, 2.24) is 9.78 Å². The van der Waals surface area contributed by atoms with E-state index in [0.717, 1.165) is 22.4 Å². The fraction of sp³-hybridized carbons (Fsp3) is 0.200. The average Bonchev–Trinajstić information content (AvgIpc) is 3.08. The minimum absolute atomic E-state index is 0.0137. The van der Waals surface area contributed by atoms with E-state index in [1.54, 1.807) is 25.1 Å². The average molecular weight is 336 g/mol. The van der Waals surface area contributed by atoms with Gasteiger partial charge in [0.15, 0.2) is 5.78 Å². The van der Waals surface area contributed by atoms with Gasteiger partial charge < -0.3 is 9.47 Å². The minimum Gasteiger partial charge on any atom is -0.497 e. The zero-order valence-electron chi connectivity index (χ0n) is 14.5. The van der Waals surface area contributed by atoms with Gasteiger partial charge in [-0.15, -0.1) is 0 Å². The van der Waals surface area contributed by atoms with Gasteiger partial charge in [-0.3, -0.25) is 9.48 Å². The second-order valence-electron chi connectivity index (χ2n) is 5.77. The van der Waals surface area contributed by atoms with Crippen LogP contribution < -0.4 is 9.47 Å². The summed E-state index contributed by atoms with van der Waals surface area (Å²) in [7, 11) is 5.06. The van der Waals surface area contributed by atoms with Gasteiger partial charge in [-0.1, -0.05) is 18.2 Å². The molecule has 0 amide bonds. The van der Waals surface area contributed by atoms with Crippen LogP contribution in [0, 0.1) is 0 Å². The molecule has 1 heterocycles. The molecule has 0 unspecified atom stereocenters. The number of nitrogens with zero attached hydrogens (tertiary/aromatic N) is 2. The van der Waals surface area contributed by atoms with Crippen molar-refractivity contribution in [2.24, 2.45) is 7.05 Å². The summed E-state index contributed by atoms with van der Waals surface area (Å²) in [4.78, 5) is 12.7. The van der Waals surface area contributed by atoms with Crippen LogP contribution in [-0.2, 0) is 13.5 Å². The highest BCUT2D eigenvalue weighted by atomic mass is 16.5. The Bertz CT molecular complexity index is 882. The number of rotatable bonds is 6. The van der Waals surface area contributed by atoms with Crippen LogP contribution in [0.1, 0.15) is 15.9 Å². The summed E-state index contributed by atoms with van der Waals surface area (Å²) in [5.74, 6) is 1.36. The van der Waals surface area contributed by atoms with Gasteiger partial charge in [0, 0.05) is 25.2 Å². The minimum atomic E-state index is 0.0137. The lowest BCUT2D eigenvalue weighted by Crippen LogP contribution is -2.06. The molecular formula is C20H20N2O3. The smallest absolute Gasteiger partial charge is 0.170 e. The third-order valence-electron chi connectivity index (χ3n) is 4.06. The van der Waals surface area contributed by atoms with Crippen molar-refractivity contribution >= 4 is 5.78 Å². The standard InChI is InChI=1S/C20H20N2O3/c1-22-13-16(12-21-22)15-6-9-18(20(11-15)25-3)19(23)10-14-4-7-17(24-2)8-5-14/h4-9,11-13H,10H2,1-3H3. The molecule has 0 N–H and O–H groups in total. The summed E-state index contributed by atoms with van der Waals surface area (Å²) in [6.45, 7) is 0. The first-order valence-electron chi connectivity index (χ1n) is 7.94. The molecule has 128 valence electrons. The molecule has 2 aromatic carbocycles. The highest BCUT2D eigenvalue weighted by molar-refractivity contribution is 6.00. The SMILES string of the molecule is COc1ccc(CC(=O)c2ccc(-c3cnn(C)c3)cc2OC)cc1. The Morgan fingerprint density at radius 2 is 1.80 bits per heavy atom. The maximum Gasteiger partial charge on any atom is 0.170 e. The summed E-state index contributed by atoms with van der Waals surface area (Å²) in [6, 6.07) is 13.1. The quantitative estimate of drug-likeness (QED) is 0.646. The Balaban J connectivity index is 1.84. The van der Waals surface area contributed by atoms with Gasteiger partial charge in [0.2, 0.25) is 0 Å². The molecule has 5 nitrogen and oxygen atoms in total. The molecule has 0 fully saturated rings. The Morgan fingerprint density at radius 1 is 1.04 bits per heavy atom. The molecule has 1 aromatic heterocycles. The molecule has 0 aliphatic rings.